The van der Waals surface area contributed by atoms with E-state index in [2.05, 4.69) is 35.9 Å². The third kappa shape index (κ3) is 3.61. The topological polar surface area (TPSA) is 41.1 Å². The van der Waals surface area contributed by atoms with Crippen molar-refractivity contribution in [3.63, 3.8) is 0 Å². The molecular weight excluding hydrogens is 268 g/mol. The Morgan fingerprint density at radius 1 is 1.45 bits per heavy atom. The predicted octanol–water partition coefficient (Wildman–Crippen LogP) is 3.41. The van der Waals surface area contributed by atoms with Gasteiger partial charge in [0.25, 0.3) is 0 Å². The minimum atomic E-state index is -0.133. The van der Waals surface area contributed by atoms with Crippen molar-refractivity contribution in [2.75, 3.05) is 0 Å². The number of carbonyl (C=O) groups excluding carboxylic acids is 1. The molecule has 0 fully saturated rings. The first-order valence-electron chi connectivity index (χ1n) is 7.78. The average molecular weight is 294 g/mol. The lowest BCUT2D eigenvalue weighted by atomic mass is 9.93. The smallest absolute Gasteiger partial charge is 0.237 e. The van der Waals surface area contributed by atoms with Gasteiger partial charge in [0.15, 0.2) is 0 Å². The van der Waals surface area contributed by atoms with Gasteiger partial charge in [-0.15, -0.1) is 11.3 Å². The molecule has 0 aliphatic heterocycles. The van der Waals surface area contributed by atoms with Crippen LogP contribution in [0.4, 0.5) is 0 Å². The number of hydrogen-bond donors (Lipinski definition) is 2. The van der Waals surface area contributed by atoms with Gasteiger partial charge in [0.2, 0.25) is 5.91 Å². The maximum Gasteiger partial charge on any atom is 0.237 e. The van der Waals surface area contributed by atoms with Crippen LogP contribution in [0.25, 0.3) is 0 Å². The number of nitrogens with one attached hydrogen (secondary N) is 2. The highest BCUT2D eigenvalue weighted by atomic mass is 32.1. The molecule has 0 spiro atoms. The Kier molecular flexibility index (Phi) is 5.61. The van der Waals surface area contributed by atoms with Crippen molar-refractivity contribution < 1.29 is 4.79 Å². The molecule has 1 amide bonds. The standard InChI is InChI=1S/C16H26N2OS/c1-4-12(5-2)18-16(19)11(3)17-14-7-6-8-15-13(14)9-10-20-15/h9-12,14,17H,4-8H2,1-3H3,(H,18,19). The molecule has 20 heavy (non-hydrogen) atoms. The maximum absolute atomic E-state index is 12.2. The summed E-state index contributed by atoms with van der Waals surface area (Å²) >= 11 is 1.84. The van der Waals surface area contributed by atoms with Crippen LogP contribution < -0.4 is 10.6 Å². The molecule has 1 aromatic heterocycles. The lowest BCUT2D eigenvalue weighted by Gasteiger charge is -2.27. The van der Waals surface area contributed by atoms with E-state index in [4.69, 9.17) is 0 Å². The molecule has 1 aromatic rings. The Hall–Kier alpha value is -0.870. The van der Waals surface area contributed by atoms with Gasteiger partial charge in [-0.3, -0.25) is 10.1 Å². The average Bonchev–Trinajstić information content (AvgIpc) is 2.93. The zero-order valence-electron chi connectivity index (χ0n) is 12.7. The summed E-state index contributed by atoms with van der Waals surface area (Å²) in [6.07, 6.45) is 5.53. The highest BCUT2D eigenvalue weighted by Gasteiger charge is 2.25. The van der Waals surface area contributed by atoms with Gasteiger partial charge < -0.3 is 5.32 Å². The van der Waals surface area contributed by atoms with Crippen molar-refractivity contribution in [2.45, 2.75) is 71.0 Å². The second-order valence-electron chi connectivity index (χ2n) is 5.65. The fourth-order valence-corrected chi connectivity index (χ4v) is 3.84. The first kappa shape index (κ1) is 15.5. The minimum absolute atomic E-state index is 0.126. The van der Waals surface area contributed by atoms with E-state index in [-0.39, 0.29) is 11.9 Å². The molecule has 0 aromatic carbocycles. The largest absolute Gasteiger partial charge is 0.352 e. The SMILES string of the molecule is CCC(CC)NC(=O)C(C)NC1CCCc2sccc21. The molecule has 1 heterocycles. The summed E-state index contributed by atoms with van der Waals surface area (Å²) in [5.41, 5.74) is 1.41. The Morgan fingerprint density at radius 2 is 2.20 bits per heavy atom. The highest BCUT2D eigenvalue weighted by molar-refractivity contribution is 7.10. The summed E-state index contributed by atoms with van der Waals surface area (Å²) in [6, 6.07) is 2.72. The molecule has 3 nitrogen and oxygen atoms in total. The van der Waals surface area contributed by atoms with Crippen LogP contribution in [-0.4, -0.2) is 18.0 Å². The number of fused-ring (bicyclic) bond motifs is 1. The van der Waals surface area contributed by atoms with Crippen LogP contribution in [-0.2, 0) is 11.2 Å². The molecule has 2 atom stereocenters. The van der Waals surface area contributed by atoms with Crippen molar-refractivity contribution >= 4 is 17.2 Å². The zero-order valence-corrected chi connectivity index (χ0v) is 13.6. The minimum Gasteiger partial charge on any atom is -0.352 e. The third-order valence-corrected chi connectivity index (χ3v) is 5.22. The van der Waals surface area contributed by atoms with Gasteiger partial charge in [-0.25, -0.2) is 0 Å². The first-order valence-corrected chi connectivity index (χ1v) is 8.66. The zero-order chi connectivity index (χ0) is 14.5. The van der Waals surface area contributed by atoms with E-state index < -0.39 is 0 Å². The fraction of sp³-hybridized carbons (Fsp3) is 0.688. The van der Waals surface area contributed by atoms with Crippen LogP contribution in [0.5, 0.6) is 0 Å². The van der Waals surface area contributed by atoms with E-state index in [1.165, 1.54) is 23.3 Å². The maximum atomic E-state index is 12.2. The summed E-state index contributed by atoms with van der Waals surface area (Å²) in [6.45, 7) is 6.20. The Morgan fingerprint density at radius 3 is 2.90 bits per heavy atom. The van der Waals surface area contributed by atoms with E-state index in [1.54, 1.807) is 0 Å². The van der Waals surface area contributed by atoms with Crippen LogP contribution in [0, 0.1) is 0 Å². The summed E-state index contributed by atoms with van der Waals surface area (Å²) < 4.78 is 0. The van der Waals surface area contributed by atoms with Gasteiger partial charge in [0, 0.05) is 17.0 Å². The van der Waals surface area contributed by atoms with Gasteiger partial charge in [-0.2, -0.15) is 0 Å². The predicted molar refractivity (Wildman–Crippen MR) is 85.1 cm³/mol. The van der Waals surface area contributed by atoms with Crippen LogP contribution in [0.1, 0.15) is 62.9 Å². The van der Waals surface area contributed by atoms with Crippen molar-refractivity contribution in [2.24, 2.45) is 0 Å². The van der Waals surface area contributed by atoms with Gasteiger partial charge in [-0.05, 0) is 56.0 Å². The molecule has 0 radical (unpaired) electrons. The van der Waals surface area contributed by atoms with E-state index in [1.807, 2.05) is 18.3 Å². The monoisotopic (exact) mass is 294 g/mol. The molecule has 0 bridgehead atoms. The molecular formula is C16H26N2OS. The van der Waals surface area contributed by atoms with Crippen LogP contribution in [0.3, 0.4) is 0 Å². The third-order valence-electron chi connectivity index (χ3n) is 4.23. The summed E-state index contributed by atoms with van der Waals surface area (Å²) in [4.78, 5) is 13.7. The number of hydrogen-bond acceptors (Lipinski definition) is 3. The number of rotatable bonds is 6. The lowest BCUT2D eigenvalue weighted by molar-refractivity contribution is -0.123. The summed E-state index contributed by atoms with van der Waals surface area (Å²) in [5.74, 6) is 0.126. The number of aryl methyl sites for hydroxylation is 1. The molecule has 2 unspecified atom stereocenters. The number of amides is 1. The molecule has 112 valence electrons. The lowest BCUT2D eigenvalue weighted by Crippen LogP contribution is -2.47. The molecule has 0 saturated carbocycles. The van der Waals surface area contributed by atoms with Gasteiger partial charge in [0.1, 0.15) is 0 Å². The Balaban J connectivity index is 1.92. The van der Waals surface area contributed by atoms with Crippen molar-refractivity contribution in [3.05, 3.63) is 21.9 Å². The molecule has 2 rings (SSSR count). The fourth-order valence-electron chi connectivity index (χ4n) is 2.86. The van der Waals surface area contributed by atoms with Gasteiger partial charge in [-0.1, -0.05) is 13.8 Å². The molecule has 2 N–H and O–H groups in total. The quantitative estimate of drug-likeness (QED) is 0.844. The van der Waals surface area contributed by atoms with Crippen LogP contribution in [0.2, 0.25) is 0 Å². The van der Waals surface area contributed by atoms with Crippen LogP contribution >= 0.6 is 11.3 Å². The van der Waals surface area contributed by atoms with E-state index in [0.717, 1.165) is 19.3 Å². The number of carbonyl (C=O) groups is 1. The summed E-state index contributed by atoms with van der Waals surface area (Å²) in [5, 5.41) is 8.80. The van der Waals surface area contributed by atoms with Crippen molar-refractivity contribution in [1.82, 2.24) is 10.6 Å². The summed E-state index contributed by atoms with van der Waals surface area (Å²) in [7, 11) is 0. The first-order chi connectivity index (χ1) is 9.65. The highest BCUT2D eigenvalue weighted by Crippen LogP contribution is 2.33. The second kappa shape index (κ2) is 7.23. The van der Waals surface area contributed by atoms with Crippen molar-refractivity contribution in [3.8, 4) is 0 Å². The molecule has 0 saturated heterocycles. The van der Waals surface area contributed by atoms with Crippen molar-refractivity contribution in [1.29, 1.82) is 0 Å². The molecule has 1 aliphatic rings. The Bertz CT molecular complexity index is 439. The number of thiophene rings is 1. The normalized spacial score (nSPS) is 19.7. The van der Waals surface area contributed by atoms with Gasteiger partial charge >= 0.3 is 0 Å². The Labute approximate surface area is 126 Å². The second-order valence-corrected chi connectivity index (χ2v) is 6.65. The van der Waals surface area contributed by atoms with Crippen LogP contribution in [0.15, 0.2) is 11.4 Å². The van der Waals surface area contributed by atoms with E-state index >= 15 is 0 Å². The van der Waals surface area contributed by atoms with E-state index in [9.17, 15) is 4.79 Å². The van der Waals surface area contributed by atoms with E-state index in [0.29, 0.717) is 12.1 Å². The molecule has 1 aliphatic carbocycles. The van der Waals surface area contributed by atoms with Gasteiger partial charge in [0.05, 0.1) is 6.04 Å². The molecule has 4 heteroatoms.